The van der Waals surface area contributed by atoms with Crippen molar-refractivity contribution in [1.82, 2.24) is 15.3 Å². The molecule has 2 fully saturated rings. The molecule has 1 aromatic rings. The van der Waals surface area contributed by atoms with Crippen LogP contribution in [-0.2, 0) is 4.79 Å². The minimum atomic E-state index is 0.00303. The summed E-state index contributed by atoms with van der Waals surface area (Å²) in [4.78, 5) is 25.0. The fraction of sp³-hybridized carbons (Fsp3) is 0.737. The van der Waals surface area contributed by atoms with Gasteiger partial charge in [0.2, 0.25) is 5.95 Å². The van der Waals surface area contributed by atoms with Crippen molar-refractivity contribution in [2.75, 3.05) is 31.1 Å². The van der Waals surface area contributed by atoms with Crippen molar-refractivity contribution in [3.63, 3.8) is 0 Å². The SMILES string of the molecule is C[C@@H]1[C@H](C)CCC[C@H]1NC(=O)[C@@H](C)[NH+]1CCN(c2ncccn2)CC1. The second-order valence-electron chi connectivity index (χ2n) is 7.80. The highest BCUT2D eigenvalue weighted by molar-refractivity contribution is 5.80. The van der Waals surface area contributed by atoms with Crippen molar-refractivity contribution in [3.8, 4) is 0 Å². The van der Waals surface area contributed by atoms with E-state index >= 15 is 0 Å². The zero-order chi connectivity index (χ0) is 17.8. The highest BCUT2D eigenvalue weighted by atomic mass is 16.2. The standard InChI is InChI=1S/C19H31N5O/c1-14-6-4-7-17(15(14)2)22-18(25)16(3)23-10-12-24(13-11-23)19-20-8-5-9-21-19/h5,8-9,14-17H,4,6-7,10-13H2,1-3H3,(H,22,25)/p+1/t14-,15-,16-,17-/m1/s1. The van der Waals surface area contributed by atoms with Crippen LogP contribution in [0.3, 0.4) is 0 Å². The third kappa shape index (κ3) is 4.29. The summed E-state index contributed by atoms with van der Waals surface area (Å²) in [5.41, 5.74) is 0. The van der Waals surface area contributed by atoms with E-state index in [0.29, 0.717) is 17.9 Å². The molecule has 0 radical (unpaired) electrons. The lowest BCUT2D eigenvalue weighted by Crippen LogP contribution is -3.19. The summed E-state index contributed by atoms with van der Waals surface area (Å²) >= 11 is 0. The van der Waals surface area contributed by atoms with Gasteiger partial charge in [-0.15, -0.1) is 0 Å². The fourth-order valence-corrected chi connectivity index (χ4v) is 4.16. The molecule has 1 aromatic heterocycles. The van der Waals surface area contributed by atoms with Crippen LogP contribution in [0.4, 0.5) is 5.95 Å². The highest BCUT2D eigenvalue weighted by Gasteiger charge is 2.33. The van der Waals surface area contributed by atoms with E-state index in [0.717, 1.165) is 38.5 Å². The number of nitrogens with zero attached hydrogens (tertiary/aromatic N) is 3. The molecule has 2 aliphatic rings. The van der Waals surface area contributed by atoms with Crippen molar-refractivity contribution in [1.29, 1.82) is 0 Å². The maximum absolute atomic E-state index is 12.7. The van der Waals surface area contributed by atoms with Crippen LogP contribution in [0.15, 0.2) is 18.5 Å². The summed E-state index contributed by atoms with van der Waals surface area (Å²) < 4.78 is 0. The summed E-state index contributed by atoms with van der Waals surface area (Å²) in [6, 6.07) is 2.19. The Morgan fingerprint density at radius 1 is 1.24 bits per heavy atom. The summed E-state index contributed by atoms with van der Waals surface area (Å²) in [7, 11) is 0. The van der Waals surface area contributed by atoms with Gasteiger partial charge in [-0.2, -0.15) is 0 Å². The van der Waals surface area contributed by atoms with Crippen LogP contribution in [0.5, 0.6) is 0 Å². The highest BCUT2D eigenvalue weighted by Crippen LogP contribution is 2.29. The third-order valence-corrected chi connectivity index (χ3v) is 6.28. The lowest BCUT2D eigenvalue weighted by Gasteiger charge is -2.37. The molecule has 6 heteroatoms. The Balaban J connectivity index is 1.50. The monoisotopic (exact) mass is 346 g/mol. The van der Waals surface area contributed by atoms with Gasteiger partial charge in [0.25, 0.3) is 5.91 Å². The molecule has 0 bridgehead atoms. The quantitative estimate of drug-likeness (QED) is 0.834. The number of hydrogen-bond donors (Lipinski definition) is 2. The number of anilines is 1. The zero-order valence-electron chi connectivity index (χ0n) is 15.7. The molecule has 2 N–H and O–H groups in total. The van der Waals surface area contributed by atoms with Gasteiger partial charge in [0.05, 0.1) is 26.2 Å². The molecule has 25 heavy (non-hydrogen) atoms. The summed E-state index contributed by atoms with van der Waals surface area (Å²) in [6.07, 6.45) is 7.21. The third-order valence-electron chi connectivity index (χ3n) is 6.28. The number of piperazine rings is 1. The lowest BCUT2D eigenvalue weighted by molar-refractivity contribution is -0.914. The molecule has 6 nitrogen and oxygen atoms in total. The van der Waals surface area contributed by atoms with Crippen molar-refractivity contribution >= 4 is 11.9 Å². The van der Waals surface area contributed by atoms with Crippen molar-refractivity contribution in [2.24, 2.45) is 11.8 Å². The number of amides is 1. The zero-order valence-corrected chi connectivity index (χ0v) is 15.7. The van der Waals surface area contributed by atoms with E-state index in [2.05, 4.69) is 41.0 Å². The topological polar surface area (TPSA) is 62.6 Å². The second-order valence-corrected chi connectivity index (χ2v) is 7.80. The molecule has 0 spiro atoms. The lowest BCUT2D eigenvalue weighted by atomic mass is 9.78. The van der Waals surface area contributed by atoms with E-state index in [1.807, 2.05) is 6.07 Å². The predicted molar refractivity (Wildman–Crippen MR) is 98.5 cm³/mol. The van der Waals surface area contributed by atoms with Gasteiger partial charge in [-0.05, 0) is 31.2 Å². The van der Waals surface area contributed by atoms with Crippen LogP contribution in [0, 0.1) is 11.8 Å². The molecule has 1 amide bonds. The molecule has 4 atom stereocenters. The van der Waals surface area contributed by atoms with Gasteiger partial charge in [0, 0.05) is 18.4 Å². The number of carbonyl (C=O) groups excluding carboxylic acids is 1. The van der Waals surface area contributed by atoms with Crippen molar-refractivity contribution < 1.29 is 9.69 Å². The minimum absolute atomic E-state index is 0.00303. The van der Waals surface area contributed by atoms with Crippen LogP contribution >= 0.6 is 0 Å². The van der Waals surface area contributed by atoms with E-state index < -0.39 is 0 Å². The Morgan fingerprint density at radius 2 is 1.92 bits per heavy atom. The summed E-state index contributed by atoms with van der Waals surface area (Å²) in [5, 5.41) is 3.34. The van der Waals surface area contributed by atoms with Crippen LogP contribution < -0.4 is 15.1 Å². The largest absolute Gasteiger partial charge is 0.348 e. The number of rotatable bonds is 4. The van der Waals surface area contributed by atoms with Gasteiger partial charge < -0.3 is 15.1 Å². The second kappa shape index (κ2) is 8.13. The van der Waals surface area contributed by atoms with Crippen LogP contribution in [0.2, 0.25) is 0 Å². The molecule has 0 aromatic carbocycles. The average Bonchev–Trinajstić information content (AvgIpc) is 2.65. The molecule has 1 saturated carbocycles. The molecule has 138 valence electrons. The first kappa shape index (κ1) is 18.1. The smallest absolute Gasteiger partial charge is 0.278 e. The van der Waals surface area contributed by atoms with Crippen molar-refractivity contribution in [3.05, 3.63) is 18.5 Å². The van der Waals surface area contributed by atoms with Gasteiger partial charge in [-0.25, -0.2) is 9.97 Å². The normalized spacial score (nSPS) is 29.2. The van der Waals surface area contributed by atoms with E-state index in [9.17, 15) is 4.79 Å². The molecule has 1 saturated heterocycles. The summed E-state index contributed by atoms with van der Waals surface area (Å²) in [5.74, 6) is 2.29. The Labute approximate surface area is 151 Å². The Kier molecular flexibility index (Phi) is 5.89. The maximum atomic E-state index is 12.7. The average molecular weight is 346 g/mol. The van der Waals surface area contributed by atoms with Gasteiger partial charge in [0.1, 0.15) is 0 Å². The molecule has 2 heterocycles. The fourth-order valence-electron chi connectivity index (χ4n) is 4.16. The first-order valence-corrected chi connectivity index (χ1v) is 9.73. The van der Waals surface area contributed by atoms with E-state index in [1.54, 1.807) is 12.4 Å². The molecular formula is C19H32N5O+. The van der Waals surface area contributed by atoms with Gasteiger partial charge >= 0.3 is 0 Å². The Bertz CT molecular complexity index is 558. The first-order chi connectivity index (χ1) is 12.1. The van der Waals surface area contributed by atoms with Crippen LogP contribution in [-0.4, -0.2) is 54.1 Å². The first-order valence-electron chi connectivity index (χ1n) is 9.73. The number of hydrogen-bond acceptors (Lipinski definition) is 4. The number of carbonyl (C=O) groups is 1. The number of quaternary nitrogens is 1. The van der Waals surface area contributed by atoms with E-state index in [1.165, 1.54) is 17.7 Å². The summed E-state index contributed by atoms with van der Waals surface area (Å²) in [6.45, 7) is 10.3. The van der Waals surface area contributed by atoms with Crippen LogP contribution in [0.25, 0.3) is 0 Å². The maximum Gasteiger partial charge on any atom is 0.278 e. The molecule has 1 aliphatic heterocycles. The van der Waals surface area contributed by atoms with E-state index in [-0.39, 0.29) is 11.9 Å². The number of nitrogens with one attached hydrogen (secondary N) is 2. The molecular weight excluding hydrogens is 314 g/mol. The predicted octanol–water partition coefficient (Wildman–Crippen LogP) is 0.511. The van der Waals surface area contributed by atoms with Gasteiger partial charge in [-0.1, -0.05) is 26.7 Å². The Hall–Kier alpha value is -1.69. The van der Waals surface area contributed by atoms with Gasteiger partial charge in [-0.3, -0.25) is 4.79 Å². The molecule has 3 rings (SSSR count). The van der Waals surface area contributed by atoms with E-state index in [4.69, 9.17) is 0 Å². The van der Waals surface area contributed by atoms with Crippen LogP contribution in [0.1, 0.15) is 40.0 Å². The molecule has 1 aliphatic carbocycles. The minimum Gasteiger partial charge on any atom is -0.348 e. The molecule has 0 unspecified atom stereocenters. The Morgan fingerprint density at radius 3 is 2.60 bits per heavy atom. The van der Waals surface area contributed by atoms with Crippen molar-refractivity contribution in [2.45, 2.75) is 52.1 Å². The van der Waals surface area contributed by atoms with Gasteiger partial charge in [0.15, 0.2) is 6.04 Å². The number of aromatic nitrogens is 2.